The van der Waals surface area contributed by atoms with Crippen LogP contribution in [0.25, 0.3) is 22.5 Å². The van der Waals surface area contributed by atoms with Gasteiger partial charge in [0, 0.05) is 16.0 Å². The number of carbonyl (C=O) groups excluding carboxylic acids is 2. The molecule has 1 atom stereocenters. The number of aryl methyl sites for hydroxylation is 3. The molecule has 1 unspecified atom stereocenters. The molecule has 5 rings (SSSR count). The third kappa shape index (κ3) is 6.18. The topological polar surface area (TPSA) is 84.1 Å². The van der Waals surface area contributed by atoms with Crippen LogP contribution in [0.4, 0.5) is 5.00 Å². The molecule has 0 aliphatic heterocycles. The van der Waals surface area contributed by atoms with E-state index in [4.69, 9.17) is 9.72 Å². The number of nitrogens with zero attached hydrogens (tertiary/aromatic N) is 1. The van der Waals surface area contributed by atoms with Crippen LogP contribution in [0.15, 0.2) is 53.7 Å². The Labute approximate surface area is 244 Å². The highest BCUT2D eigenvalue weighted by Gasteiger charge is 2.28. The lowest BCUT2D eigenvalue weighted by atomic mass is 10.0. The average Bonchev–Trinajstić information content (AvgIpc) is 3.42. The quantitative estimate of drug-likeness (QED) is 0.127. The summed E-state index contributed by atoms with van der Waals surface area (Å²) in [6, 6.07) is 16.6. The number of hydrogen-bond donors (Lipinski definition) is 2. The van der Waals surface area contributed by atoms with Crippen molar-refractivity contribution in [1.82, 2.24) is 9.97 Å². The van der Waals surface area contributed by atoms with Gasteiger partial charge in [-0.1, -0.05) is 77.8 Å². The molecular weight excluding hydrogens is 539 g/mol. The van der Waals surface area contributed by atoms with E-state index < -0.39 is 5.25 Å². The van der Waals surface area contributed by atoms with Gasteiger partial charge in [-0.05, 0) is 58.9 Å². The molecule has 4 aromatic rings. The number of esters is 1. The Morgan fingerprint density at radius 2 is 1.65 bits per heavy atom. The number of benzene rings is 2. The van der Waals surface area contributed by atoms with E-state index in [1.807, 2.05) is 6.92 Å². The largest absolute Gasteiger partial charge is 0.462 e. The smallest absolute Gasteiger partial charge is 0.341 e. The molecule has 0 spiro atoms. The van der Waals surface area contributed by atoms with Crippen molar-refractivity contribution < 1.29 is 14.3 Å². The van der Waals surface area contributed by atoms with E-state index in [0.717, 1.165) is 60.2 Å². The summed E-state index contributed by atoms with van der Waals surface area (Å²) in [6.45, 7) is 8.10. The number of carbonyl (C=O) groups is 2. The lowest BCUT2D eigenvalue weighted by molar-refractivity contribution is -0.115. The van der Waals surface area contributed by atoms with Gasteiger partial charge in [-0.2, -0.15) is 0 Å². The molecule has 0 saturated heterocycles. The lowest BCUT2D eigenvalue weighted by Gasteiger charge is -2.12. The molecule has 1 aliphatic rings. The van der Waals surface area contributed by atoms with Gasteiger partial charge < -0.3 is 15.0 Å². The van der Waals surface area contributed by atoms with Gasteiger partial charge in [-0.3, -0.25) is 4.79 Å². The number of imidazole rings is 1. The third-order valence-corrected chi connectivity index (χ3v) is 9.33. The van der Waals surface area contributed by atoms with E-state index in [-0.39, 0.29) is 11.9 Å². The third-order valence-electron chi connectivity index (χ3n) is 7.14. The van der Waals surface area contributed by atoms with Gasteiger partial charge in [0.25, 0.3) is 0 Å². The number of rotatable bonds is 8. The van der Waals surface area contributed by atoms with Gasteiger partial charge in [-0.15, -0.1) is 11.3 Å². The van der Waals surface area contributed by atoms with Crippen LogP contribution in [-0.4, -0.2) is 33.7 Å². The first-order valence-corrected chi connectivity index (χ1v) is 15.6. The molecule has 0 radical (unpaired) electrons. The van der Waals surface area contributed by atoms with Crippen molar-refractivity contribution in [3.05, 3.63) is 75.7 Å². The highest BCUT2D eigenvalue weighted by Crippen LogP contribution is 2.39. The summed E-state index contributed by atoms with van der Waals surface area (Å²) in [7, 11) is 0. The van der Waals surface area contributed by atoms with Crippen molar-refractivity contribution in [1.29, 1.82) is 0 Å². The van der Waals surface area contributed by atoms with Gasteiger partial charge >= 0.3 is 5.97 Å². The average molecular weight is 574 g/mol. The van der Waals surface area contributed by atoms with Crippen molar-refractivity contribution in [3.63, 3.8) is 0 Å². The Hall–Kier alpha value is -3.36. The number of aromatic amines is 1. The summed E-state index contributed by atoms with van der Waals surface area (Å²) in [5.41, 5.74) is 7.79. The number of anilines is 1. The van der Waals surface area contributed by atoms with E-state index >= 15 is 0 Å². The van der Waals surface area contributed by atoms with Gasteiger partial charge in [0.15, 0.2) is 5.16 Å². The first-order valence-electron chi connectivity index (χ1n) is 13.9. The Morgan fingerprint density at radius 1 is 1.00 bits per heavy atom. The molecule has 2 aromatic carbocycles. The van der Waals surface area contributed by atoms with Crippen molar-refractivity contribution in [3.8, 4) is 22.5 Å². The number of hydrogen-bond acceptors (Lipinski definition) is 6. The number of nitrogens with one attached hydrogen (secondary N) is 2. The Balaban J connectivity index is 1.40. The van der Waals surface area contributed by atoms with Crippen LogP contribution in [0.2, 0.25) is 0 Å². The summed E-state index contributed by atoms with van der Waals surface area (Å²) >= 11 is 2.89. The minimum atomic E-state index is -0.445. The zero-order valence-electron chi connectivity index (χ0n) is 23.4. The molecule has 40 heavy (non-hydrogen) atoms. The molecule has 0 fully saturated rings. The van der Waals surface area contributed by atoms with Crippen LogP contribution < -0.4 is 5.32 Å². The summed E-state index contributed by atoms with van der Waals surface area (Å²) in [5, 5.41) is 3.88. The maximum absolute atomic E-state index is 13.4. The van der Waals surface area contributed by atoms with Crippen LogP contribution >= 0.6 is 23.1 Å². The second-order valence-corrected chi connectivity index (χ2v) is 12.7. The summed E-state index contributed by atoms with van der Waals surface area (Å²) in [6.07, 6.45) is 5.07. The number of ether oxygens (including phenoxy) is 1. The molecule has 0 saturated carbocycles. The first kappa shape index (κ1) is 28.2. The Kier molecular flexibility index (Phi) is 8.76. The summed E-state index contributed by atoms with van der Waals surface area (Å²) in [4.78, 5) is 35.9. The molecule has 2 aromatic heterocycles. The normalized spacial score (nSPS) is 13.8. The number of amides is 1. The number of fused-ring (bicyclic) bond motifs is 1. The van der Waals surface area contributed by atoms with E-state index in [9.17, 15) is 9.59 Å². The van der Waals surface area contributed by atoms with E-state index in [2.05, 4.69) is 72.7 Å². The van der Waals surface area contributed by atoms with Crippen LogP contribution in [0, 0.1) is 13.8 Å². The zero-order valence-corrected chi connectivity index (χ0v) is 25.1. The molecule has 2 N–H and O–H groups in total. The van der Waals surface area contributed by atoms with Crippen molar-refractivity contribution in [2.24, 2.45) is 0 Å². The van der Waals surface area contributed by atoms with Gasteiger partial charge in [0.2, 0.25) is 5.91 Å². The van der Waals surface area contributed by atoms with E-state index in [0.29, 0.717) is 22.3 Å². The number of aromatic nitrogens is 2. The molecule has 208 valence electrons. The van der Waals surface area contributed by atoms with Crippen LogP contribution in [0.1, 0.15) is 65.0 Å². The van der Waals surface area contributed by atoms with Crippen LogP contribution in [-0.2, 0) is 22.4 Å². The second-order valence-electron chi connectivity index (χ2n) is 10.2. The monoisotopic (exact) mass is 573 g/mol. The van der Waals surface area contributed by atoms with Crippen molar-refractivity contribution in [2.45, 2.75) is 70.2 Å². The molecule has 1 amide bonds. The lowest BCUT2D eigenvalue weighted by Crippen LogP contribution is -2.23. The SMILES string of the molecule is CCOC(=O)c1c(NC(=O)C(C)Sc2nc(-c3ccc(C)cc3)c(-c3ccc(C)cc3)[nH]2)sc2c1CCCCC2. The number of thiophene rings is 1. The highest BCUT2D eigenvalue weighted by atomic mass is 32.2. The molecule has 6 nitrogen and oxygen atoms in total. The summed E-state index contributed by atoms with van der Waals surface area (Å²) < 4.78 is 5.38. The maximum atomic E-state index is 13.4. The predicted octanol–water partition coefficient (Wildman–Crippen LogP) is 7.99. The predicted molar refractivity (Wildman–Crippen MR) is 164 cm³/mol. The molecule has 1 aliphatic carbocycles. The first-order chi connectivity index (χ1) is 19.3. The fourth-order valence-corrected chi connectivity index (χ4v) is 7.03. The molecule has 2 heterocycles. The van der Waals surface area contributed by atoms with E-state index in [1.54, 1.807) is 6.92 Å². The fraction of sp³-hybridized carbons (Fsp3) is 0.344. The van der Waals surface area contributed by atoms with E-state index in [1.165, 1.54) is 39.1 Å². The van der Waals surface area contributed by atoms with Gasteiger partial charge in [-0.25, -0.2) is 9.78 Å². The van der Waals surface area contributed by atoms with Gasteiger partial charge in [0.1, 0.15) is 5.00 Å². The minimum Gasteiger partial charge on any atom is -0.462 e. The summed E-state index contributed by atoms with van der Waals surface area (Å²) in [5.74, 6) is -0.522. The zero-order chi connectivity index (χ0) is 28.2. The van der Waals surface area contributed by atoms with Crippen molar-refractivity contribution >= 4 is 40.0 Å². The van der Waals surface area contributed by atoms with Crippen LogP contribution in [0.3, 0.4) is 0 Å². The molecule has 8 heteroatoms. The van der Waals surface area contributed by atoms with Crippen molar-refractivity contribution in [2.75, 3.05) is 11.9 Å². The number of H-pyrrole nitrogens is 1. The molecule has 0 bridgehead atoms. The van der Waals surface area contributed by atoms with Crippen LogP contribution in [0.5, 0.6) is 0 Å². The van der Waals surface area contributed by atoms with Gasteiger partial charge in [0.05, 0.1) is 28.8 Å². The second kappa shape index (κ2) is 12.4. The standard InChI is InChI=1S/C32H35N3O3S2/c1-5-38-31(37)26-24-9-7-6-8-10-25(24)40-30(26)35-29(36)21(4)39-32-33-27(22-15-11-19(2)12-16-22)28(34-32)23-17-13-20(3)14-18-23/h11-18,21H,5-10H2,1-4H3,(H,33,34)(H,35,36). The maximum Gasteiger partial charge on any atom is 0.341 e. The number of thioether (sulfide) groups is 1. The Bertz CT molecular complexity index is 1440. The minimum absolute atomic E-state index is 0.169. The highest BCUT2D eigenvalue weighted by molar-refractivity contribution is 8.00. The molecular formula is C32H35N3O3S2. The Morgan fingerprint density at radius 3 is 2.33 bits per heavy atom. The fourth-order valence-electron chi connectivity index (χ4n) is 4.94.